The van der Waals surface area contributed by atoms with Gasteiger partial charge < -0.3 is 5.73 Å². The Bertz CT molecular complexity index is 206. The second kappa shape index (κ2) is 1.74. The summed E-state index contributed by atoms with van der Waals surface area (Å²) >= 11 is 6.09. The monoisotopic (exact) mass is 175 g/mol. The number of hydrogen-bond donors (Lipinski definition) is 1. The van der Waals surface area contributed by atoms with Crippen LogP contribution in [0.5, 0.6) is 0 Å². The molecule has 0 aliphatic heterocycles. The normalized spacial score (nSPS) is 29.5. The molecule has 11 heavy (non-hydrogen) atoms. The maximum absolute atomic E-state index is 11.0. The van der Waals surface area contributed by atoms with Crippen molar-refractivity contribution < 1.29 is 4.79 Å². The van der Waals surface area contributed by atoms with Crippen LogP contribution in [0.3, 0.4) is 0 Å². The fourth-order valence-electron chi connectivity index (χ4n) is 1.86. The van der Waals surface area contributed by atoms with E-state index in [0.717, 1.165) is 0 Å². The maximum Gasteiger partial charge on any atom is 0.239 e. The fourth-order valence-corrected chi connectivity index (χ4v) is 2.29. The Morgan fingerprint density at radius 2 is 1.45 bits per heavy atom. The van der Waals surface area contributed by atoms with Gasteiger partial charge in [-0.25, -0.2) is 0 Å². The van der Waals surface area contributed by atoms with Crippen molar-refractivity contribution >= 4 is 17.5 Å². The highest BCUT2D eigenvalue weighted by Crippen LogP contribution is 2.74. The van der Waals surface area contributed by atoms with E-state index in [2.05, 4.69) is 0 Å². The molecular formula is C8H14ClNO. The zero-order valence-corrected chi connectivity index (χ0v) is 8.12. The zero-order chi connectivity index (χ0) is 9.08. The highest BCUT2D eigenvalue weighted by molar-refractivity contribution is 6.39. The molecule has 2 N–H and O–H groups in total. The molecule has 0 spiro atoms. The fraction of sp³-hybridized carbons (Fsp3) is 0.875. The highest BCUT2D eigenvalue weighted by Gasteiger charge is 2.80. The lowest BCUT2D eigenvalue weighted by atomic mass is 10.0. The van der Waals surface area contributed by atoms with E-state index in [-0.39, 0.29) is 10.8 Å². The minimum Gasteiger partial charge on any atom is -0.368 e. The largest absolute Gasteiger partial charge is 0.368 e. The molecule has 1 fully saturated rings. The van der Waals surface area contributed by atoms with Gasteiger partial charge in [-0.1, -0.05) is 27.7 Å². The third kappa shape index (κ3) is 0.621. The Hall–Kier alpha value is -0.240. The molecule has 0 bridgehead atoms. The van der Waals surface area contributed by atoms with Gasteiger partial charge in [0.25, 0.3) is 0 Å². The summed E-state index contributed by atoms with van der Waals surface area (Å²) in [7, 11) is 0. The molecule has 1 aliphatic carbocycles. The van der Waals surface area contributed by atoms with E-state index >= 15 is 0 Å². The number of carbonyl (C=O) groups is 1. The van der Waals surface area contributed by atoms with Crippen molar-refractivity contribution in [1.82, 2.24) is 0 Å². The van der Waals surface area contributed by atoms with E-state index in [0.29, 0.717) is 0 Å². The smallest absolute Gasteiger partial charge is 0.239 e. The van der Waals surface area contributed by atoms with E-state index < -0.39 is 10.8 Å². The number of nitrogens with two attached hydrogens (primary N) is 1. The van der Waals surface area contributed by atoms with Gasteiger partial charge in [0.15, 0.2) is 0 Å². The SMILES string of the molecule is CC1(C)C(C)(C)C1(Cl)C(N)=O. The van der Waals surface area contributed by atoms with Crippen molar-refractivity contribution in [2.45, 2.75) is 32.6 Å². The lowest BCUT2D eigenvalue weighted by molar-refractivity contribution is -0.119. The Kier molecular flexibility index (Phi) is 1.40. The van der Waals surface area contributed by atoms with Crippen LogP contribution in [0.2, 0.25) is 0 Å². The summed E-state index contributed by atoms with van der Waals surface area (Å²) < 4.78 is 0. The van der Waals surface area contributed by atoms with E-state index in [1.165, 1.54) is 0 Å². The van der Waals surface area contributed by atoms with Crippen LogP contribution in [0.15, 0.2) is 0 Å². The molecule has 2 nitrogen and oxygen atoms in total. The summed E-state index contributed by atoms with van der Waals surface area (Å²) in [5.74, 6) is -0.408. The van der Waals surface area contributed by atoms with E-state index in [1.807, 2.05) is 27.7 Å². The van der Waals surface area contributed by atoms with Crippen molar-refractivity contribution in [3.8, 4) is 0 Å². The van der Waals surface area contributed by atoms with E-state index in [9.17, 15) is 4.79 Å². The lowest BCUT2D eigenvalue weighted by Gasteiger charge is -2.05. The van der Waals surface area contributed by atoms with Crippen molar-refractivity contribution in [3.05, 3.63) is 0 Å². The van der Waals surface area contributed by atoms with Gasteiger partial charge in [0.2, 0.25) is 5.91 Å². The molecule has 0 aromatic carbocycles. The number of amides is 1. The van der Waals surface area contributed by atoms with Gasteiger partial charge in [-0.2, -0.15) is 0 Å². The van der Waals surface area contributed by atoms with Crippen molar-refractivity contribution in [2.24, 2.45) is 16.6 Å². The van der Waals surface area contributed by atoms with Crippen LogP contribution < -0.4 is 5.73 Å². The van der Waals surface area contributed by atoms with Gasteiger partial charge in [-0.05, 0) is 0 Å². The number of carbonyl (C=O) groups excluding carboxylic acids is 1. The van der Waals surface area contributed by atoms with Crippen molar-refractivity contribution in [3.63, 3.8) is 0 Å². The Balaban J connectivity index is 3.06. The molecule has 0 aromatic rings. The topological polar surface area (TPSA) is 43.1 Å². The first-order valence-corrected chi connectivity index (χ1v) is 4.06. The van der Waals surface area contributed by atoms with Crippen molar-refractivity contribution in [2.75, 3.05) is 0 Å². The molecule has 0 saturated heterocycles. The molecular weight excluding hydrogens is 162 g/mol. The molecule has 1 aliphatic rings. The van der Waals surface area contributed by atoms with Crippen LogP contribution in [0.4, 0.5) is 0 Å². The van der Waals surface area contributed by atoms with Gasteiger partial charge in [0.05, 0.1) is 0 Å². The molecule has 0 unspecified atom stereocenters. The summed E-state index contributed by atoms with van der Waals surface area (Å²) in [5, 5.41) is 0. The number of alkyl halides is 1. The summed E-state index contributed by atoms with van der Waals surface area (Å²) in [6, 6.07) is 0. The molecule has 1 saturated carbocycles. The number of rotatable bonds is 1. The number of halogens is 1. The second-order valence-corrected chi connectivity index (χ2v) is 4.84. The molecule has 3 heteroatoms. The molecule has 1 amide bonds. The Morgan fingerprint density at radius 3 is 1.45 bits per heavy atom. The quantitative estimate of drug-likeness (QED) is 0.604. The number of primary amides is 1. The predicted molar refractivity (Wildman–Crippen MR) is 45.3 cm³/mol. The molecule has 0 aromatic heterocycles. The van der Waals surface area contributed by atoms with Crippen LogP contribution in [0, 0.1) is 10.8 Å². The van der Waals surface area contributed by atoms with Crippen LogP contribution in [-0.2, 0) is 4.79 Å². The number of hydrogen-bond acceptors (Lipinski definition) is 1. The van der Waals surface area contributed by atoms with E-state index in [1.54, 1.807) is 0 Å². The minimum absolute atomic E-state index is 0.187. The first-order chi connectivity index (χ1) is 4.69. The summed E-state index contributed by atoms with van der Waals surface area (Å²) in [4.78, 5) is 10.2. The second-order valence-electron chi connectivity index (χ2n) is 4.27. The van der Waals surface area contributed by atoms with Crippen LogP contribution in [-0.4, -0.2) is 10.8 Å². The van der Waals surface area contributed by atoms with Gasteiger partial charge in [0.1, 0.15) is 4.87 Å². The summed E-state index contributed by atoms with van der Waals surface area (Å²) in [6.45, 7) is 7.85. The first kappa shape index (κ1) is 8.85. The zero-order valence-electron chi connectivity index (χ0n) is 7.36. The minimum atomic E-state index is -0.847. The highest BCUT2D eigenvalue weighted by atomic mass is 35.5. The average molecular weight is 176 g/mol. The molecule has 64 valence electrons. The first-order valence-electron chi connectivity index (χ1n) is 3.68. The predicted octanol–water partition coefficient (Wildman–Crippen LogP) is 1.52. The Morgan fingerprint density at radius 1 is 1.18 bits per heavy atom. The summed E-state index contributed by atoms with van der Waals surface area (Å²) in [5.41, 5.74) is 4.84. The molecule has 0 atom stereocenters. The molecule has 0 heterocycles. The van der Waals surface area contributed by atoms with Crippen LogP contribution in [0.25, 0.3) is 0 Å². The van der Waals surface area contributed by atoms with E-state index in [4.69, 9.17) is 17.3 Å². The van der Waals surface area contributed by atoms with Crippen LogP contribution in [0.1, 0.15) is 27.7 Å². The molecule has 1 rings (SSSR count). The van der Waals surface area contributed by atoms with Gasteiger partial charge >= 0.3 is 0 Å². The third-order valence-corrected chi connectivity index (χ3v) is 4.69. The van der Waals surface area contributed by atoms with Crippen LogP contribution >= 0.6 is 11.6 Å². The van der Waals surface area contributed by atoms with Gasteiger partial charge in [0, 0.05) is 10.8 Å². The standard InChI is InChI=1S/C8H14ClNO/c1-6(2)7(3,4)8(6,9)5(10)11/h1-4H3,(H2,10,11). The summed E-state index contributed by atoms with van der Waals surface area (Å²) in [6.07, 6.45) is 0. The van der Waals surface area contributed by atoms with Gasteiger partial charge in [-0.3, -0.25) is 4.79 Å². The maximum atomic E-state index is 11.0. The molecule has 0 radical (unpaired) electrons. The van der Waals surface area contributed by atoms with Crippen molar-refractivity contribution in [1.29, 1.82) is 0 Å². The third-order valence-electron chi connectivity index (χ3n) is 3.56. The average Bonchev–Trinajstić information content (AvgIpc) is 2.11. The Labute approximate surface area is 72.1 Å². The van der Waals surface area contributed by atoms with Gasteiger partial charge in [-0.15, -0.1) is 11.6 Å². The lowest BCUT2D eigenvalue weighted by Crippen LogP contribution is -2.31.